The highest BCUT2D eigenvalue weighted by atomic mass is 19.1. The summed E-state index contributed by atoms with van der Waals surface area (Å²) in [6, 6.07) is 6.46. The minimum atomic E-state index is -0.641. The third-order valence-corrected chi connectivity index (χ3v) is 2.74. The highest BCUT2D eigenvalue weighted by molar-refractivity contribution is 5.93. The summed E-state index contributed by atoms with van der Waals surface area (Å²) in [6.45, 7) is 1.87. The van der Waals surface area contributed by atoms with Crippen LogP contribution in [0.25, 0.3) is 5.69 Å². The van der Waals surface area contributed by atoms with Gasteiger partial charge in [-0.1, -0.05) is 0 Å². The van der Waals surface area contributed by atoms with E-state index < -0.39 is 17.3 Å². The van der Waals surface area contributed by atoms with E-state index in [1.54, 1.807) is 14.0 Å². The molecule has 21 heavy (non-hydrogen) atoms. The number of hydrogen-bond acceptors (Lipinski definition) is 5. The van der Waals surface area contributed by atoms with Crippen molar-refractivity contribution >= 4 is 11.7 Å². The van der Waals surface area contributed by atoms with Crippen molar-refractivity contribution in [2.75, 3.05) is 19.0 Å². The maximum Gasteiger partial charge on any atom is 0.360 e. The average molecular weight is 291 g/mol. The van der Waals surface area contributed by atoms with Gasteiger partial charge in [0.25, 0.3) is 5.56 Å². The second kappa shape index (κ2) is 6.17. The van der Waals surface area contributed by atoms with Crippen LogP contribution in [0.4, 0.5) is 10.1 Å². The van der Waals surface area contributed by atoms with Crippen LogP contribution in [-0.4, -0.2) is 29.4 Å². The van der Waals surface area contributed by atoms with E-state index in [-0.39, 0.29) is 18.0 Å². The molecular formula is C14H14FN3O3. The zero-order valence-corrected chi connectivity index (χ0v) is 11.6. The van der Waals surface area contributed by atoms with Gasteiger partial charge in [-0.2, -0.15) is 9.78 Å². The van der Waals surface area contributed by atoms with Gasteiger partial charge in [0.1, 0.15) is 5.82 Å². The number of halogens is 1. The molecule has 0 saturated heterocycles. The van der Waals surface area contributed by atoms with Gasteiger partial charge in [-0.15, -0.1) is 0 Å². The summed E-state index contributed by atoms with van der Waals surface area (Å²) in [5.41, 5.74) is 0.175. The van der Waals surface area contributed by atoms with Gasteiger partial charge in [0.05, 0.1) is 18.0 Å². The molecule has 0 spiro atoms. The first-order valence-electron chi connectivity index (χ1n) is 6.32. The van der Waals surface area contributed by atoms with Crippen molar-refractivity contribution in [1.29, 1.82) is 0 Å². The maximum atomic E-state index is 12.9. The van der Waals surface area contributed by atoms with Crippen molar-refractivity contribution in [1.82, 2.24) is 9.78 Å². The normalized spacial score (nSPS) is 10.2. The van der Waals surface area contributed by atoms with Crippen LogP contribution in [0.3, 0.4) is 0 Å². The lowest BCUT2D eigenvalue weighted by molar-refractivity contribution is 0.0518. The molecule has 0 amide bonds. The van der Waals surface area contributed by atoms with Crippen LogP contribution in [0.2, 0.25) is 0 Å². The van der Waals surface area contributed by atoms with Gasteiger partial charge in [-0.05, 0) is 31.2 Å². The lowest BCUT2D eigenvalue weighted by Gasteiger charge is -2.10. The molecule has 0 aliphatic heterocycles. The van der Waals surface area contributed by atoms with E-state index in [1.807, 2.05) is 0 Å². The molecule has 0 aliphatic carbocycles. The van der Waals surface area contributed by atoms with Gasteiger partial charge in [0.2, 0.25) is 0 Å². The van der Waals surface area contributed by atoms with E-state index in [1.165, 1.54) is 30.3 Å². The highest BCUT2D eigenvalue weighted by Crippen LogP contribution is 2.13. The topological polar surface area (TPSA) is 73.2 Å². The minimum Gasteiger partial charge on any atom is -0.461 e. The second-order valence-electron chi connectivity index (χ2n) is 4.10. The lowest BCUT2D eigenvalue weighted by atomic mass is 10.3. The van der Waals surface area contributed by atoms with E-state index in [4.69, 9.17) is 4.74 Å². The van der Waals surface area contributed by atoms with Crippen molar-refractivity contribution < 1.29 is 13.9 Å². The Kier molecular flexibility index (Phi) is 4.32. The number of rotatable bonds is 4. The highest BCUT2D eigenvalue weighted by Gasteiger charge is 2.17. The van der Waals surface area contributed by atoms with Crippen molar-refractivity contribution in [3.05, 3.63) is 52.2 Å². The number of hydrogen-bond donors (Lipinski definition) is 1. The van der Waals surface area contributed by atoms with Gasteiger partial charge in [0, 0.05) is 13.1 Å². The molecular weight excluding hydrogens is 277 g/mol. The van der Waals surface area contributed by atoms with Crippen LogP contribution in [0.1, 0.15) is 17.4 Å². The fraction of sp³-hybridized carbons (Fsp3) is 0.214. The number of aromatic nitrogens is 2. The monoisotopic (exact) mass is 291 g/mol. The molecule has 0 bridgehead atoms. The summed E-state index contributed by atoms with van der Waals surface area (Å²) in [5, 5.41) is 6.73. The number of esters is 1. The van der Waals surface area contributed by atoms with Crippen LogP contribution in [-0.2, 0) is 4.74 Å². The molecule has 6 nitrogen and oxygen atoms in total. The Morgan fingerprint density at radius 2 is 2.05 bits per heavy atom. The molecule has 0 aliphatic rings. The van der Waals surface area contributed by atoms with Crippen molar-refractivity contribution in [3.63, 3.8) is 0 Å². The Bertz CT molecular complexity index is 710. The van der Waals surface area contributed by atoms with Crippen molar-refractivity contribution in [2.45, 2.75) is 6.92 Å². The fourth-order valence-electron chi connectivity index (χ4n) is 1.76. The predicted molar refractivity (Wildman–Crippen MR) is 75.3 cm³/mol. The molecule has 0 saturated carbocycles. The molecule has 0 fully saturated rings. The average Bonchev–Trinajstić information content (AvgIpc) is 2.48. The summed E-state index contributed by atoms with van der Waals surface area (Å²) in [7, 11) is 1.57. The van der Waals surface area contributed by atoms with E-state index in [0.29, 0.717) is 5.69 Å². The van der Waals surface area contributed by atoms with Gasteiger partial charge in [0.15, 0.2) is 5.69 Å². The van der Waals surface area contributed by atoms with E-state index in [0.717, 1.165) is 4.68 Å². The molecule has 1 aromatic carbocycles. The number of carbonyl (C=O) groups is 1. The van der Waals surface area contributed by atoms with Crippen LogP contribution in [0.5, 0.6) is 0 Å². The molecule has 2 aromatic rings. The molecule has 7 heteroatoms. The third kappa shape index (κ3) is 3.07. The summed E-state index contributed by atoms with van der Waals surface area (Å²) in [6.07, 6.45) is 0. The Hall–Kier alpha value is -2.70. The van der Waals surface area contributed by atoms with E-state index >= 15 is 0 Å². The van der Waals surface area contributed by atoms with Gasteiger partial charge in [-0.3, -0.25) is 4.79 Å². The number of nitrogens with zero attached hydrogens (tertiary/aromatic N) is 2. The van der Waals surface area contributed by atoms with E-state index in [9.17, 15) is 14.0 Å². The second-order valence-corrected chi connectivity index (χ2v) is 4.10. The van der Waals surface area contributed by atoms with Crippen LogP contribution in [0.15, 0.2) is 35.1 Å². The third-order valence-electron chi connectivity index (χ3n) is 2.74. The number of carbonyl (C=O) groups excluding carboxylic acids is 1. The molecule has 110 valence electrons. The van der Waals surface area contributed by atoms with Crippen molar-refractivity contribution in [3.8, 4) is 5.69 Å². The Labute approximate surface area is 120 Å². The number of ether oxygens (including phenoxy) is 1. The fourth-order valence-corrected chi connectivity index (χ4v) is 1.76. The molecule has 0 unspecified atom stereocenters. The largest absolute Gasteiger partial charge is 0.461 e. The van der Waals surface area contributed by atoms with Gasteiger partial charge in [-0.25, -0.2) is 9.18 Å². The first kappa shape index (κ1) is 14.7. The smallest absolute Gasteiger partial charge is 0.360 e. The molecule has 0 radical (unpaired) electrons. The minimum absolute atomic E-state index is 0.0109. The molecule has 1 aromatic heterocycles. The molecule has 1 heterocycles. The summed E-state index contributed by atoms with van der Waals surface area (Å²) in [4.78, 5) is 23.9. The van der Waals surface area contributed by atoms with Crippen LogP contribution >= 0.6 is 0 Å². The zero-order valence-electron chi connectivity index (χ0n) is 11.6. The number of benzene rings is 1. The zero-order chi connectivity index (χ0) is 15.4. The quantitative estimate of drug-likeness (QED) is 0.866. The first-order chi connectivity index (χ1) is 10.1. The molecule has 1 N–H and O–H groups in total. The Balaban J connectivity index is 2.57. The Morgan fingerprint density at radius 1 is 1.38 bits per heavy atom. The van der Waals surface area contributed by atoms with E-state index in [2.05, 4.69) is 10.4 Å². The van der Waals surface area contributed by atoms with Crippen LogP contribution < -0.4 is 10.9 Å². The summed E-state index contributed by atoms with van der Waals surface area (Å²) in [5.74, 6) is -1.07. The first-order valence-corrected chi connectivity index (χ1v) is 6.32. The lowest BCUT2D eigenvalue weighted by Crippen LogP contribution is -2.25. The number of nitrogens with one attached hydrogen (secondary N) is 1. The molecule has 2 rings (SSSR count). The standard InChI is InChI=1S/C14H14FN3O3/c1-3-21-14(20)13-11(16-2)8-12(19)18(17-13)10-6-4-9(15)5-7-10/h4-8,16H,3H2,1-2H3. The van der Waals surface area contributed by atoms with Crippen LogP contribution in [0, 0.1) is 5.82 Å². The SMILES string of the molecule is CCOC(=O)c1nn(-c2ccc(F)cc2)c(=O)cc1NC. The van der Waals surface area contributed by atoms with Gasteiger partial charge >= 0.3 is 5.97 Å². The summed E-state index contributed by atoms with van der Waals surface area (Å²) < 4.78 is 18.9. The number of anilines is 1. The predicted octanol–water partition coefficient (Wildman–Crippen LogP) is 1.59. The van der Waals surface area contributed by atoms with Crippen molar-refractivity contribution in [2.24, 2.45) is 0 Å². The Morgan fingerprint density at radius 3 is 2.62 bits per heavy atom. The summed E-state index contributed by atoms with van der Waals surface area (Å²) >= 11 is 0. The van der Waals surface area contributed by atoms with Gasteiger partial charge < -0.3 is 10.1 Å². The molecule has 0 atom stereocenters. The maximum absolute atomic E-state index is 12.9.